The van der Waals surface area contributed by atoms with Crippen LogP contribution < -0.4 is 9.80 Å². The molecule has 0 saturated carbocycles. The standard InChI is InChI=1S/C83H104N2O3/c1-10-14-18-22-24-30-38-59(36-28-20-16-12-3)56-84-73-54-65(64-45-49-67-68-48-44-63(58(5)6)52-72(68)80-76(71(67)53-64)75(61-40-32-26-33-41-61)79(88-80)62-42-34-27-35-43-62)46-50-69(73)77(81(84)86)78-70-51-47-66(83(7,8)9)55-74(70)85(82(78)87)57-60(37-29-21-17-13-4)39-31-25-23-19-15-11-2/h26-27,32-35,40-55,58-60H,10-25,28-31,36-39,56-57H2,1-9H3/b78-77+. The zero-order valence-corrected chi connectivity index (χ0v) is 55.4. The first kappa shape index (κ1) is 64.3. The average molecular weight is 1180 g/mol. The number of carbonyl (C=O) groups excluding carboxylic acids is 2. The lowest BCUT2D eigenvalue weighted by Crippen LogP contribution is -2.34. The topological polar surface area (TPSA) is 53.8 Å². The van der Waals surface area contributed by atoms with Gasteiger partial charge in [-0.15, -0.1) is 0 Å². The second-order valence-corrected chi connectivity index (χ2v) is 27.8. The number of unbranched alkanes of at least 4 members (excludes halogenated alkanes) is 16. The van der Waals surface area contributed by atoms with Crippen LogP contribution >= 0.6 is 0 Å². The van der Waals surface area contributed by atoms with Gasteiger partial charge >= 0.3 is 0 Å². The van der Waals surface area contributed by atoms with Crippen LogP contribution in [0, 0.1) is 11.8 Å². The van der Waals surface area contributed by atoms with Crippen LogP contribution in [-0.4, -0.2) is 24.9 Å². The number of rotatable bonds is 32. The normalized spacial score (nSPS) is 15.0. The Morgan fingerprint density at radius 1 is 0.420 bits per heavy atom. The van der Waals surface area contributed by atoms with Gasteiger partial charge in [-0.2, -0.15) is 0 Å². The molecular formula is C83H104N2O3. The van der Waals surface area contributed by atoms with Crippen LogP contribution in [0.3, 0.4) is 0 Å². The highest BCUT2D eigenvalue weighted by Gasteiger charge is 2.44. The monoisotopic (exact) mass is 1180 g/mol. The largest absolute Gasteiger partial charge is 0.455 e. The molecule has 7 aromatic carbocycles. The molecule has 5 nitrogen and oxygen atoms in total. The van der Waals surface area contributed by atoms with Crippen LogP contribution in [0.2, 0.25) is 0 Å². The second kappa shape index (κ2) is 30.2. The summed E-state index contributed by atoms with van der Waals surface area (Å²) in [7, 11) is 0. The number of carbonyl (C=O) groups is 2. The molecule has 10 rings (SSSR count). The molecule has 0 aliphatic carbocycles. The number of hydrogen-bond acceptors (Lipinski definition) is 3. The van der Waals surface area contributed by atoms with Crippen molar-refractivity contribution in [3.63, 3.8) is 0 Å². The number of amides is 2. The van der Waals surface area contributed by atoms with Crippen molar-refractivity contribution < 1.29 is 14.0 Å². The molecule has 464 valence electrons. The van der Waals surface area contributed by atoms with Crippen LogP contribution in [0.25, 0.3) is 77.2 Å². The summed E-state index contributed by atoms with van der Waals surface area (Å²) < 4.78 is 7.28. The summed E-state index contributed by atoms with van der Waals surface area (Å²) in [5.41, 5.74) is 13.5. The van der Waals surface area contributed by atoms with Crippen molar-refractivity contribution in [1.29, 1.82) is 0 Å². The van der Waals surface area contributed by atoms with Gasteiger partial charge in [0.25, 0.3) is 11.8 Å². The molecule has 0 fully saturated rings. The highest BCUT2D eigenvalue weighted by atomic mass is 16.3. The van der Waals surface area contributed by atoms with E-state index in [-0.39, 0.29) is 17.2 Å². The first-order valence-corrected chi connectivity index (χ1v) is 35.1. The lowest BCUT2D eigenvalue weighted by Gasteiger charge is -2.26. The molecule has 2 aliphatic heterocycles. The summed E-state index contributed by atoms with van der Waals surface area (Å²) in [6.45, 7) is 21.8. The summed E-state index contributed by atoms with van der Waals surface area (Å²) in [6, 6.07) is 48.7. The van der Waals surface area contributed by atoms with E-state index in [0.29, 0.717) is 42.0 Å². The molecule has 0 N–H and O–H groups in total. The lowest BCUT2D eigenvalue weighted by atomic mass is 9.85. The van der Waals surface area contributed by atoms with E-state index in [9.17, 15) is 0 Å². The lowest BCUT2D eigenvalue weighted by molar-refractivity contribution is -0.114. The van der Waals surface area contributed by atoms with E-state index in [1.165, 1.54) is 144 Å². The van der Waals surface area contributed by atoms with Gasteiger partial charge in [0.15, 0.2) is 0 Å². The number of hydrogen-bond donors (Lipinski definition) is 0. The minimum absolute atomic E-state index is 0.0125. The van der Waals surface area contributed by atoms with Gasteiger partial charge in [-0.25, -0.2) is 0 Å². The number of nitrogens with zero attached hydrogens (tertiary/aromatic N) is 2. The molecule has 0 bridgehead atoms. The molecule has 8 aromatic rings. The molecule has 0 radical (unpaired) electrons. The smallest absolute Gasteiger partial charge is 0.259 e. The molecule has 2 atom stereocenters. The van der Waals surface area contributed by atoms with Gasteiger partial charge in [0, 0.05) is 46.1 Å². The maximum atomic E-state index is 16.2. The van der Waals surface area contributed by atoms with E-state index in [4.69, 9.17) is 4.42 Å². The maximum Gasteiger partial charge on any atom is 0.259 e. The molecular weight excluding hydrogens is 1070 g/mol. The molecule has 2 unspecified atom stereocenters. The second-order valence-electron chi connectivity index (χ2n) is 27.8. The Kier molecular flexibility index (Phi) is 22.0. The fourth-order valence-corrected chi connectivity index (χ4v) is 14.5. The van der Waals surface area contributed by atoms with Crippen molar-refractivity contribution >= 4 is 66.8 Å². The summed E-state index contributed by atoms with van der Waals surface area (Å²) in [6.07, 6.45) is 29.1. The Balaban J connectivity index is 1.14. The fourth-order valence-electron chi connectivity index (χ4n) is 14.5. The quantitative estimate of drug-likeness (QED) is 0.0240. The minimum atomic E-state index is -0.118. The Bertz CT molecular complexity index is 3670. The third-order valence-corrected chi connectivity index (χ3v) is 19.8. The van der Waals surface area contributed by atoms with Crippen molar-refractivity contribution in [3.05, 3.63) is 156 Å². The van der Waals surface area contributed by atoms with Gasteiger partial charge in [-0.3, -0.25) is 9.59 Å². The molecule has 2 amide bonds. The fraction of sp³-hybridized carbons (Fsp3) is 0.470. The molecule has 2 aliphatic rings. The minimum Gasteiger partial charge on any atom is -0.455 e. The third kappa shape index (κ3) is 14.5. The van der Waals surface area contributed by atoms with E-state index in [1.54, 1.807) is 0 Å². The summed E-state index contributed by atoms with van der Waals surface area (Å²) in [4.78, 5) is 36.4. The summed E-state index contributed by atoms with van der Waals surface area (Å²) in [5, 5.41) is 5.70. The van der Waals surface area contributed by atoms with Crippen LogP contribution in [0.15, 0.2) is 138 Å². The summed E-state index contributed by atoms with van der Waals surface area (Å²) in [5.74, 6) is 1.91. The van der Waals surface area contributed by atoms with Gasteiger partial charge in [-0.1, -0.05) is 300 Å². The molecule has 88 heavy (non-hydrogen) atoms. The van der Waals surface area contributed by atoms with Gasteiger partial charge in [0.05, 0.1) is 22.5 Å². The average Bonchev–Trinajstić information content (AvgIpc) is 2.28. The zero-order valence-electron chi connectivity index (χ0n) is 55.4. The predicted molar refractivity (Wildman–Crippen MR) is 379 cm³/mol. The van der Waals surface area contributed by atoms with E-state index in [1.807, 2.05) is 0 Å². The molecule has 0 saturated heterocycles. The molecule has 1 aromatic heterocycles. The third-order valence-electron chi connectivity index (χ3n) is 19.8. The SMILES string of the molecule is CCCCCCCCC(CCCCCC)CN1C(=O)/C(=C2/C(=O)N(CC(CCCCCC)CCCCCCCC)c3cc(C(C)(C)C)ccc32)c2ccc(-c3ccc4c5ccc(C(C)C)cc5c5oc(-c6ccccc6)c(-c6ccccc6)c5c4c3)cc21. The van der Waals surface area contributed by atoms with E-state index < -0.39 is 0 Å². The Hall–Kier alpha value is -6.72. The van der Waals surface area contributed by atoms with Crippen molar-refractivity contribution in [1.82, 2.24) is 0 Å². The zero-order chi connectivity index (χ0) is 61.7. The van der Waals surface area contributed by atoms with Crippen LogP contribution in [-0.2, 0) is 15.0 Å². The van der Waals surface area contributed by atoms with E-state index >= 15 is 9.59 Å². The van der Waals surface area contributed by atoms with Crippen LogP contribution in [0.4, 0.5) is 11.4 Å². The number of anilines is 2. The van der Waals surface area contributed by atoms with E-state index in [0.717, 1.165) is 110 Å². The first-order chi connectivity index (χ1) is 42.8. The maximum absolute atomic E-state index is 16.2. The molecule has 0 spiro atoms. The first-order valence-electron chi connectivity index (χ1n) is 35.1. The Morgan fingerprint density at radius 3 is 1.39 bits per heavy atom. The summed E-state index contributed by atoms with van der Waals surface area (Å²) >= 11 is 0. The van der Waals surface area contributed by atoms with Crippen molar-refractivity contribution in [2.75, 3.05) is 22.9 Å². The van der Waals surface area contributed by atoms with Gasteiger partial charge < -0.3 is 14.2 Å². The van der Waals surface area contributed by atoms with Crippen molar-refractivity contribution in [2.24, 2.45) is 11.8 Å². The molecule has 5 heteroatoms. The van der Waals surface area contributed by atoms with Crippen LogP contribution in [0.5, 0.6) is 0 Å². The number of benzene rings is 7. The van der Waals surface area contributed by atoms with Crippen molar-refractivity contribution in [2.45, 2.75) is 228 Å². The van der Waals surface area contributed by atoms with Gasteiger partial charge in [0.2, 0.25) is 0 Å². The van der Waals surface area contributed by atoms with Crippen molar-refractivity contribution in [3.8, 4) is 33.6 Å². The van der Waals surface area contributed by atoms with Gasteiger partial charge in [-0.05, 0) is 117 Å². The van der Waals surface area contributed by atoms with E-state index in [2.05, 4.69) is 206 Å². The highest BCUT2D eigenvalue weighted by Crippen LogP contribution is 2.52. The number of furan rings is 1. The van der Waals surface area contributed by atoms with Gasteiger partial charge in [0.1, 0.15) is 11.3 Å². The predicted octanol–water partition coefficient (Wildman–Crippen LogP) is 24.4. The highest BCUT2D eigenvalue weighted by molar-refractivity contribution is 6.50. The Labute approximate surface area is 529 Å². The Morgan fingerprint density at radius 2 is 0.864 bits per heavy atom. The molecule has 3 heterocycles. The number of fused-ring (bicyclic) bond motifs is 8. The van der Waals surface area contributed by atoms with Crippen LogP contribution in [0.1, 0.15) is 245 Å².